The smallest absolute Gasteiger partial charge is 0.0682 e. The van der Waals surface area contributed by atoms with Crippen LogP contribution in [-0.4, -0.2) is 21.9 Å². The molecule has 2 heteroatoms. The zero-order valence-corrected chi connectivity index (χ0v) is 21.3. The second kappa shape index (κ2) is 8.46. The SMILES string of the molecule is CC[C@]1(O)CC[C@H]2C(=CCC3[C@@H]2CCC2(C)[C@@H]([C@H](C)CCC(O)C(C)(C)C)CC[C@@H]32)C1. The van der Waals surface area contributed by atoms with Crippen molar-refractivity contribution in [3.8, 4) is 0 Å². The van der Waals surface area contributed by atoms with Gasteiger partial charge < -0.3 is 10.2 Å². The number of rotatable bonds is 5. The number of hydrogen-bond donors (Lipinski definition) is 2. The van der Waals surface area contributed by atoms with E-state index in [0.717, 1.165) is 55.3 Å². The van der Waals surface area contributed by atoms with Gasteiger partial charge in [0, 0.05) is 0 Å². The predicted octanol–water partition coefficient (Wildman–Crippen LogP) is 7.14. The van der Waals surface area contributed by atoms with Crippen molar-refractivity contribution in [3.63, 3.8) is 0 Å². The van der Waals surface area contributed by atoms with Gasteiger partial charge in [0.2, 0.25) is 0 Å². The normalized spacial score (nSPS) is 44.6. The zero-order valence-electron chi connectivity index (χ0n) is 21.3. The lowest BCUT2D eigenvalue weighted by atomic mass is 9.50. The summed E-state index contributed by atoms with van der Waals surface area (Å²) in [6.45, 7) is 13.7. The maximum atomic E-state index is 10.9. The van der Waals surface area contributed by atoms with Crippen molar-refractivity contribution in [2.45, 2.75) is 124 Å². The van der Waals surface area contributed by atoms with E-state index in [-0.39, 0.29) is 11.5 Å². The highest BCUT2D eigenvalue weighted by molar-refractivity contribution is 5.22. The van der Waals surface area contributed by atoms with Crippen LogP contribution in [0.4, 0.5) is 0 Å². The Morgan fingerprint density at radius 2 is 1.81 bits per heavy atom. The molecule has 4 aliphatic rings. The molecule has 0 heterocycles. The van der Waals surface area contributed by atoms with Gasteiger partial charge in [-0.3, -0.25) is 0 Å². The Morgan fingerprint density at radius 3 is 2.48 bits per heavy atom. The fourth-order valence-corrected chi connectivity index (χ4v) is 8.70. The third-order valence-electron chi connectivity index (χ3n) is 10.9. The summed E-state index contributed by atoms with van der Waals surface area (Å²) in [5.41, 5.74) is 1.68. The molecule has 3 unspecified atom stereocenters. The first kappa shape index (κ1) is 23.8. The average molecular weight is 431 g/mol. The molecule has 0 aromatic heterocycles. The first-order valence-electron chi connectivity index (χ1n) is 13.6. The molecular weight excluding hydrogens is 380 g/mol. The minimum absolute atomic E-state index is 0.00401. The molecule has 0 saturated heterocycles. The van der Waals surface area contributed by atoms with Crippen LogP contribution in [0.1, 0.15) is 112 Å². The lowest BCUT2D eigenvalue weighted by molar-refractivity contribution is -0.0471. The summed E-state index contributed by atoms with van der Waals surface area (Å²) in [6, 6.07) is 0. The van der Waals surface area contributed by atoms with Crippen LogP contribution < -0.4 is 0 Å². The van der Waals surface area contributed by atoms with Gasteiger partial charge in [-0.25, -0.2) is 0 Å². The molecule has 0 amide bonds. The highest BCUT2D eigenvalue weighted by atomic mass is 16.3. The van der Waals surface area contributed by atoms with E-state index in [2.05, 4.69) is 47.6 Å². The second-order valence-corrected chi connectivity index (χ2v) is 13.5. The first-order chi connectivity index (χ1) is 14.5. The van der Waals surface area contributed by atoms with Crippen molar-refractivity contribution in [2.24, 2.45) is 46.3 Å². The van der Waals surface area contributed by atoms with Gasteiger partial charge in [0.05, 0.1) is 11.7 Å². The molecule has 2 nitrogen and oxygen atoms in total. The number of fused-ring (bicyclic) bond motifs is 5. The largest absolute Gasteiger partial charge is 0.393 e. The molecule has 3 saturated carbocycles. The number of hydrogen-bond acceptors (Lipinski definition) is 2. The maximum absolute atomic E-state index is 10.9. The lowest BCUT2D eigenvalue weighted by Crippen LogP contribution is -2.48. The van der Waals surface area contributed by atoms with Crippen LogP contribution in [0.25, 0.3) is 0 Å². The van der Waals surface area contributed by atoms with Gasteiger partial charge in [-0.15, -0.1) is 0 Å². The average Bonchev–Trinajstić information content (AvgIpc) is 3.08. The van der Waals surface area contributed by atoms with Crippen LogP contribution in [-0.2, 0) is 0 Å². The third kappa shape index (κ3) is 4.30. The minimum atomic E-state index is -0.427. The van der Waals surface area contributed by atoms with Crippen molar-refractivity contribution in [3.05, 3.63) is 11.6 Å². The van der Waals surface area contributed by atoms with Crippen molar-refractivity contribution in [2.75, 3.05) is 0 Å². The molecule has 31 heavy (non-hydrogen) atoms. The zero-order chi connectivity index (χ0) is 22.6. The molecule has 178 valence electrons. The molecule has 2 N–H and O–H groups in total. The fourth-order valence-electron chi connectivity index (χ4n) is 8.70. The summed E-state index contributed by atoms with van der Waals surface area (Å²) >= 11 is 0. The quantitative estimate of drug-likeness (QED) is 0.455. The molecule has 0 aliphatic heterocycles. The molecule has 4 aliphatic carbocycles. The Hall–Kier alpha value is -0.340. The van der Waals surface area contributed by atoms with Crippen LogP contribution in [0.2, 0.25) is 0 Å². The number of allylic oxidation sites excluding steroid dienone is 1. The molecule has 0 aromatic carbocycles. The Labute approximate surface area is 192 Å². The van der Waals surface area contributed by atoms with Gasteiger partial charge in [0.15, 0.2) is 0 Å². The van der Waals surface area contributed by atoms with Gasteiger partial charge in [-0.1, -0.05) is 53.2 Å². The lowest BCUT2D eigenvalue weighted by Gasteiger charge is -2.55. The van der Waals surface area contributed by atoms with Gasteiger partial charge >= 0.3 is 0 Å². The van der Waals surface area contributed by atoms with Gasteiger partial charge in [-0.2, -0.15) is 0 Å². The molecule has 0 bridgehead atoms. The van der Waals surface area contributed by atoms with Crippen LogP contribution in [0.5, 0.6) is 0 Å². The van der Waals surface area contributed by atoms with Crippen LogP contribution in [0, 0.1) is 46.3 Å². The summed E-state index contributed by atoms with van der Waals surface area (Å²) in [5.74, 6) is 4.93. The van der Waals surface area contributed by atoms with E-state index in [1.807, 2.05) is 0 Å². The summed E-state index contributed by atoms with van der Waals surface area (Å²) in [5, 5.41) is 21.5. The molecule has 0 aromatic rings. The van der Waals surface area contributed by atoms with Crippen molar-refractivity contribution < 1.29 is 10.2 Å². The molecule has 4 rings (SSSR count). The van der Waals surface area contributed by atoms with Crippen molar-refractivity contribution in [1.82, 2.24) is 0 Å². The molecule has 0 radical (unpaired) electrons. The summed E-state index contributed by atoms with van der Waals surface area (Å²) in [6.07, 6.45) is 15.4. The summed E-state index contributed by atoms with van der Waals surface area (Å²) < 4.78 is 0. The van der Waals surface area contributed by atoms with E-state index < -0.39 is 5.60 Å². The second-order valence-electron chi connectivity index (χ2n) is 13.5. The summed E-state index contributed by atoms with van der Waals surface area (Å²) in [4.78, 5) is 0. The Balaban J connectivity index is 1.44. The van der Waals surface area contributed by atoms with E-state index in [4.69, 9.17) is 0 Å². The first-order valence-corrected chi connectivity index (χ1v) is 13.6. The Kier molecular flexibility index (Phi) is 6.50. The number of aliphatic hydroxyl groups excluding tert-OH is 1. The molecule has 3 fully saturated rings. The van der Waals surface area contributed by atoms with Gasteiger partial charge in [0.1, 0.15) is 0 Å². The van der Waals surface area contributed by atoms with E-state index in [1.54, 1.807) is 5.57 Å². The van der Waals surface area contributed by atoms with E-state index >= 15 is 0 Å². The highest BCUT2D eigenvalue weighted by Gasteiger charge is 2.57. The standard InChI is InChI=1S/C29H50O2/c1-7-29(31)17-15-21-20(18-29)9-10-23-22(21)14-16-28(6)24(11-12-25(23)28)19(2)8-13-26(30)27(3,4)5/h9,19,21-26,30-31H,7-8,10-18H2,1-6H3/t19-,21+,22-,23?,24-,25+,26?,28?,29+/m1/s1. The van der Waals surface area contributed by atoms with E-state index in [1.165, 1.54) is 44.9 Å². The summed E-state index contributed by atoms with van der Waals surface area (Å²) in [7, 11) is 0. The van der Waals surface area contributed by atoms with Gasteiger partial charge in [0.25, 0.3) is 0 Å². The van der Waals surface area contributed by atoms with Crippen LogP contribution in [0.3, 0.4) is 0 Å². The highest BCUT2D eigenvalue weighted by Crippen LogP contribution is 2.65. The third-order valence-corrected chi connectivity index (χ3v) is 10.9. The molecule has 0 spiro atoms. The van der Waals surface area contributed by atoms with E-state index in [9.17, 15) is 10.2 Å². The van der Waals surface area contributed by atoms with Crippen molar-refractivity contribution in [1.29, 1.82) is 0 Å². The number of aliphatic hydroxyl groups is 2. The topological polar surface area (TPSA) is 40.5 Å². The van der Waals surface area contributed by atoms with Gasteiger partial charge in [-0.05, 0) is 117 Å². The maximum Gasteiger partial charge on any atom is 0.0682 e. The van der Waals surface area contributed by atoms with E-state index in [0.29, 0.717) is 11.3 Å². The van der Waals surface area contributed by atoms with Crippen LogP contribution >= 0.6 is 0 Å². The Bertz CT molecular complexity index is 675. The fraction of sp³-hybridized carbons (Fsp3) is 0.931. The molecule has 9 atom stereocenters. The van der Waals surface area contributed by atoms with Crippen LogP contribution in [0.15, 0.2) is 11.6 Å². The van der Waals surface area contributed by atoms with Crippen molar-refractivity contribution >= 4 is 0 Å². The Morgan fingerprint density at radius 1 is 1.06 bits per heavy atom. The minimum Gasteiger partial charge on any atom is -0.393 e. The molecular formula is C29H50O2. The monoisotopic (exact) mass is 430 g/mol. The predicted molar refractivity (Wildman–Crippen MR) is 130 cm³/mol.